The van der Waals surface area contributed by atoms with Crippen LogP contribution in [-0.2, 0) is 47.4 Å². The second-order valence-electron chi connectivity index (χ2n) is 18.6. The molecule has 8 bridgehead atoms. The van der Waals surface area contributed by atoms with Gasteiger partial charge in [-0.05, 0) is 72.8 Å². The highest BCUT2D eigenvalue weighted by atomic mass is 16.8. The van der Waals surface area contributed by atoms with Crippen molar-refractivity contribution in [2.75, 3.05) is 26.4 Å². The van der Waals surface area contributed by atoms with Crippen LogP contribution in [0.5, 0.6) is 11.5 Å². The molecule has 8 aliphatic heterocycles. The number of aliphatic hydroxyl groups is 10. The molecule has 10 N–H and O–H groups in total. The molecule has 4 saturated heterocycles. The standard InChI is InChI=1S/C52H56O26/c53-19-29-33(55)35(57)37(59)49(71-29)77-41-31-21-67-45(63)26-13-17-28(18-14-26)70-52-44(76-48(66)24-9-5-2-6-10-24)40(62)42(78-50-38(60)36(58)34(56)30(20-54)72-50)32(74-52)22-68-46(64)25-11-15-27(16-12-25)69-51(73-31)43(39(41)61)75-47(65)23-7-3-1-4-8-23/h1-18,29-44,49-62H,19-22H2/t29-,30+,31-,32+,33-,34+,35+,36-,37-,38+,39+,40-,41-,42+,43-,44+,49+,50-,51-,52+. The van der Waals surface area contributed by atoms with Gasteiger partial charge in [0, 0.05) is 0 Å². The Bertz CT molecular complexity index is 2460. The number of ether oxygens (including phenoxy) is 12. The molecule has 0 radical (unpaired) electrons. The Balaban J connectivity index is 1.05. The van der Waals surface area contributed by atoms with Gasteiger partial charge in [0.2, 0.25) is 12.6 Å². The summed E-state index contributed by atoms with van der Waals surface area (Å²) in [4.78, 5) is 54.8. The Morgan fingerprint density at radius 1 is 0.436 bits per heavy atom. The summed E-state index contributed by atoms with van der Waals surface area (Å²) in [7, 11) is 0. The first-order valence-corrected chi connectivity index (χ1v) is 24.5. The fourth-order valence-electron chi connectivity index (χ4n) is 9.13. The third-order valence-corrected chi connectivity index (χ3v) is 13.5. The number of hydrogen-bond acceptors (Lipinski definition) is 26. The van der Waals surface area contributed by atoms with E-state index >= 15 is 0 Å². The molecule has 4 aromatic rings. The Hall–Kier alpha value is -6.28. The van der Waals surface area contributed by atoms with Crippen LogP contribution in [0.4, 0.5) is 0 Å². The quantitative estimate of drug-likeness (QED) is 0.0578. The fraction of sp³-hybridized carbons (Fsp3) is 0.462. The van der Waals surface area contributed by atoms with Crippen molar-refractivity contribution < 1.29 is 127 Å². The highest BCUT2D eigenvalue weighted by molar-refractivity contribution is 5.91. The zero-order valence-corrected chi connectivity index (χ0v) is 40.8. The normalized spacial score (nSPS) is 36.3. The van der Waals surface area contributed by atoms with Crippen molar-refractivity contribution in [1.29, 1.82) is 0 Å². The van der Waals surface area contributed by atoms with Gasteiger partial charge < -0.3 is 108 Å². The zero-order valence-electron chi connectivity index (χ0n) is 40.8. The van der Waals surface area contributed by atoms with E-state index in [1.807, 2.05) is 0 Å². The van der Waals surface area contributed by atoms with E-state index in [-0.39, 0.29) is 33.8 Å². The van der Waals surface area contributed by atoms with Crippen molar-refractivity contribution >= 4 is 23.9 Å². The third kappa shape index (κ3) is 12.3. The van der Waals surface area contributed by atoms with E-state index in [9.17, 15) is 70.2 Å². The molecule has 4 fully saturated rings. The Kier molecular flexibility index (Phi) is 17.9. The summed E-state index contributed by atoms with van der Waals surface area (Å²) < 4.78 is 70.8. The van der Waals surface area contributed by atoms with Crippen molar-refractivity contribution in [3.63, 3.8) is 0 Å². The molecule has 20 atom stereocenters. The maximum absolute atomic E-state index is 13.8. The van der Waals surface area contributed by atoms with Crippen LogP contribution in [-0.4, -0.2) is 224 Å². The van der Waals surface area contributed by atoms with Crippen LogP contribution in [0.2, 0.25) is 0 Å². The lowest BCUT2D eigenvalue weighted by Gasteiger charge is -2.46. The number of aliphatic hydroxyl groups excluding tert-OH is 10. The van der Waals surface area contributed by atoms with Crippen LogP contribution >= 0.6 is 0 Å². The second kappa shape index (κ2) is 24.8. The molecular weight excluding hydrogens is 1040 g/mol. The lowest BCUT2D eigenvalue weighted by molar-refractivity contribution is -0.351. The van der Waals surface area contributed by atoms with E-state index < -0.39 is 173 Å². The Labute approximate surface area is 442 Å². The molecule has 0 unspecified atom stereocenters. The van der Waals surface area contributed by atoms with Crippen molar-refractivity contribution in [3.8, 4) is 11.5 Å². The molecule has 8 aliphatic rings. The van der Waals surface area contributed by atoms with Crippen LogP contribution < -0.4 is 9.47 Å². The summed E-state index contributed by atoms with van der Waals surface area (Å²) in [6.45, 7) is -3.22. The first-order chi connectivity index (χ1) is 37.5. The largest absolute Gasteiger partial charge is 0.461 e. The monoisotopic (exact) mass is 1100 g/mol. The maximum Gasteiger partial charge on any atom is 0.338 e. The number of carbonyl (C=O) groups excluding carboxylic acids is 4. The van der Waals surface area contributed by atoms with E-state index in [0.717, 1.165) is 0 Å². The van der Waals surface area contributed by atoms with Crippen molar-refractivity contribution in [2.45, 2.75) is 123 Å². The molecule has 0 amide bonds. The van der Waals surface area contributed by atoms with Gasteiger partial charge in [0.25, 0.3) is 0 Å². The highest BCUT2D eigenvalue weighted by Gasteiger charge is 2.55. The van der Waals surface area contributed by atoms with E-state index in [0.29, 0.717) is 0 Å². The van der Waals surface area contributed by atoms with Crippen molar-refractivity contribution in [3.05, 3.63) is 131 Å². The first-order valence-electron chi connectivity index (χ1n) is 24.5. The van der Waals surface area contributed by atoms with Gasteiger partial charge in [0.1, 0.15) is 110 Å². The summed E-state index contributed by atoms with van der Waals surface area (Å²) in [6.07, 6.45) is -36.0. The lowest BCUT2D eigenvalue weighted by Crippen LogP contribution is -2.65. The number of esters is 4. The Morgan fingerprint density at radius 3 is 1.14 bits per heavy atom. The summed E-state index contributed by atoms with van der Waals surface area (Å²) in [5.74, 6) is -4.10. The highest BCUT2D eigenvalue weighted by Crippen LogP contribution is 2.35. The molecule has 26 heteroatoms. The number of carbonyl (C=O) groups is 4. The predicted octanol–water partition coefficient (Wildman–Crippen LogP) is -2.54. The van der Waals surface area contributed by atoms with E-state index in [1.165, 1.54) is 72.8 Å². The first kappa shape index (κ1) is 56.4. The summed E-state index contributed by atoms with van der Waals surface area (Å²) in [6, 6.07) is 25.2. The average molecular weight is 1100 g/mol. The molecule has 0 aromatic heterocycles. The lowest BCUT2D eigenvalue weighted by atomic mass is 9.96. The number of benzene rings is 4. The summed E-state index contributed by atoms with van der Waals surface area (Å²) in [5.41, 5.74) is -0.174. The van der Waals surface area contributed by atoms with E-state index in [4.69, 9.17) is 56.8 Å². The number of hydrogen-bond donors (Lipinski definition) is 10. The molecule has 0 aliphatic carbocycles. The number of rotatable bonds is 10. The SMILES string of the molecule is O=C1OC[C@@H]2O[C@H](Oc3ccc(cc3)C(=O)OC[C@H]3O[C@@H](Oc4ccc1cc4)[C@H](OC(=O)c1ccccc1)[C@@H](O)[C@@H]3O[C@@H]1O[C@H](CO)[C@@H](O)[C@H](O)[C@H]1O)[C@@H](OC(=O)c1ccccc1)[C@H](O)[C@H]2O[C@H]1O[C@@H](CO)[C@H](O)[C@@H](O)[C@@H]1O. The molecule has 78 heavy (non-hydrogen) atoms. The zero-order chi connectivity index (χ0) is 55.4. The van der Waals surface area contributed by atoms with Gasteiger partial charge in [0.15, 0.2) is 24.8 Å². The molecule has 4 aromatic carbocycles. The third-order valence-electron chi connectivity index (χ3n) is 13.5. The van der Waals surface area contributed by atoms with Crippen molar-refractivity contribution in [2.24, 2.45) is 0 Å². The van der Waals surface area contributed by atoms with Crippen LogP contribution in [0, 0.1) is 0 Å². The Morgan fingerprint density at radius 2 is 0.795 bits per heavy atom. The average Bonchev–Trinajstić information content (AvgIpc) is 3.56. The fourth-order valence-corrected chi connectivity index (χ4v) is 9.13. The minimum absolute atomic E-state index is 0.0339. The summed E-state index contributed by atoms with van der Waals surface area (Å²) in [5, 5.41) is 108. The van der Waals surface area contributed by atoms with Gasteiger partial charge in [0.05, 0.1) is 35.5 Å². The second-order valence-corrected chi connectivity index (χ2v) is 18.6. The molecule has 12 rings (SSSR count). The maximum atomic E-state index is 13.8. The van der Waals surface area contributed by atoms with E-state index in [1.54, 1.807) is 36.4 Å². The summed E-state index contributed by atoms with van der Waals surface area (Å²) >= 11 is 0. The van der Waals surface area contributed by atoms with Crippen LogP contribution in [0.25, 0.3) is 0 Å². The van der Waals surface area contributed by atoms with Crippen molar-refractivity contribution in [1.82, 2.24) is 0 Å². The van der Waals surface area contributed by atoms with Gasteiger partial charge in [-0.25, -0.2) is 19.2 Å². The topological polar surface area (TPSA) is 381 Å². The smallest absolute Gasteiger partial charge is 0.338 e. The van der Waals surface area contributed by atoms with Gasteiger partial charge >= 0.3 is 23.9 Å². The van der Waals surface area contributed by atoms with Gasteiger partial charge in [-0.1, -0.05) is 36.4 Å². The predicted molar refractivity (Wildman–Crippen MR) is 253 cm³/mol. The molecule has 420 valence electrons. The molecule has 0 saturated carbocycles. The van der Waals surface area contributed by atoms with E-state index in [2.05, 4.69) is 0 Å². The minimum Gasteiger partial charge on any atom is -0.461 e. The van der Waals surface area contributed by atoms with Crippen LogP contribution in [0.15, 0.2) is 109 Å². The van der Waals surface area contributed by atoms with Crippen LogP contribution in [0.3, 0.4) is 0 Å². The molecular formula is C52H56O26. The molecule has 8 heterocycles. The van der Waals surface area contributed by atoms with Crippen LogP contribution in [0.1, 0.15) is 41.4 Å². The minimum atomic E-state index is -1.99. The van der Waals surface area contributed by atoms with Gasteiger partial charge in [-0.15, -0.1) is 0 Å². The van der Waals surface area contributed by atoms with Gasteiger partial charge in [-0.3, -0.25) is 0 Å². The molecule has 0 spiro atoms. The van der Waals surface area contributed by atoms with Gasteiger partial charge in [-0.2, -0.15) is 0 Å². The molecule has 26 nitrogen and oxygen atoms in total.